The van der Waals surface area contributed by atoms with Gasteiger partial charge < -0.3 is 19.5 Å². The van der Waals surface area contributed by atoms with Crippen LogP contribution < -0.4 is 4.74 Å². The largest absolute Gasteiger partial charge is 0.508 e. The molecule has 0 radical (unpaired) electrons. The highest BCUT2D eigenvalue weighted by Gasteiger charge is 2.32. The number of allylic oxidation sites excluding steroid dienone is 1. The van der Waals surface area contributed by atoms with Crippen LogP contribution in [0.3, 0.4) is 0 Å². The molecule has 0 aromatic heterocycles. The van der Waals surface area contributed by atoms with Gasteiger partial charge in [0.05, 0.1) is 6.04 Å². The van der Waals surface area contributed by atoms with Crippen molar-refractivity contribution in [1.29, 1.82) is 0 Å². The van der Waals surface area contributed by atoms with Crippen LogP contribution in [-0.2, 0) is 4.74 Å². The molecule has 37 heavy (non-hydrogen) atoms. The van der Waals surface area contributed by atoms with Crippen molar-refractivity contribution < 1.29 is 19.4 Å². The number of hydrogen-bond donors (Lipinski definition) is 1. The Morgan fingerprint density at radius 2 is 1.54 bits per heavy atom. The zero-order chi connectivity index (χ0) is 26.4. The first-order valence-corrected chi connectivity index (χ1v) is 13.1. The lowest BCUT2D eigenvalue weighted by molar-refractivity contribution is 0.0187. The van der Waals surface area contributed by atoms with Crippen LogP contribution in [0.4, 0.5) is 4.79 Å². The molecule has 1 aliphatic rings. The minimum atomic E-state index is -0.513. The van der Waals surface area contributed by atoms with Crippen molar-refractivity contribution in [2.75, 3.05) is 13.2 Å². The van der Waals surface area contributed by atoms with Crippen molar-refractivity contribution in [3.63, 3.8) is 0 Å². The number of rotatable bonds is 7. The van der Waals surface area contributed by atoms with E-state index in [4.69, 9.17) is 9.47 Å². The molecule has 1 fully saturated rings. The van der Waals surface area contributed by atoms with Gasteiger partial charge in [0, 0.05) is 6.54 Å². The summed E-state index contributed by atoms with van der Waals surface area (Å²) in [5, 5.41) is 9.85. The van der Waals surface area contributed by atoms with Gasteiger partial charge in [-0.1, -0.05) is 61.5 Å². The number of ether oxygens (including phenoxy) is 2. The number of phenols is 1. The summed E-state index contributed by atoms with van der Waals surface area (Å²) in [5.41, 5.74) is 5.16. The maximum atomic E-state index is 12.6. The van der Waals surface area contributed by atoms with E-state index in [1.807, 2.05) is 51.1 Å². The second kappa shape index (κ2) is 11.5. The highest BCUT2D eigenvalue weighted by molar-refractivity contribution is 5.98. The fraction of sp³-hybridized carbons (Fsp3) is 0.344. The number of benzene rings is 3. The van der Waals surface area contributed by atoms with Gasteiger partial charge in [0.15, 0.2) is 0 Å². The molecule has 0 aliphatic carbocycles. The summed E-state index contributed by atoms with van der Waals surface area (Å²) in [5.74, 6) is 1.01. The third-order valence-electron chi connectivity index (χ3n) is 6.52. The van der Waals surface area contributed by atoms with E-state index in [0.29, 0.717) is 13.2 Å². The summed E-state index contributed by atoms with van der Waals surface area (Å²) in [7, 11) is 0. The fourth-order valence-corrected chi connectivity index (χ4v) is 4.79. The molecule has 1 amide bonds. The standard InChI is InChI=1S/C32H37NO4/c1-5-29(23-10-7-6-8-11-23)30(24-13-17-27(34)18-14-24)25-15-19-28(20-16-25)36-22-26-12-9-21-33(26)31(35)37-32(2,3)4/h6-8,10-11,13-20,26,34H,5,9,12,21-22H2,1-4H3/b30-29-/t26-/m0/s1. The highest BCUT2D eigenvalue weighted by Crippen LogP contribution is 2.35. The molecular formula is C32H37NO4. The second-order valence-electron chi connectivity index (χ2n) is 10.4. The number of carbonyl (C=O) groups is 1. The van der Waals surface area contributed by atoms with Crippen LogP contribution in [-0.4, -0.2) is 40.9 Å². The first kappa shape index (κ1) is 26.3. The number of phenolic OH excluding ortho intramolecular Hbond substituents is 1. The third kappa shape index (κ3) is 6.73. The van der Waals surface area contributed by atoms with E-state index >= 15 is 0 Å². The smallest absolute Gasteiger partial charge is 0.410 e. The molecule has 5 heteroatoms. The molecule has 1 N–H and O–H groups in total. The van der Waals surface area contributed by atoms with Crippen molar-refractivity contribution in [1.82, 2.24) is 4.90 Å². The van der Waals surface area contributed by atoms with Crippen LogP contribution in [0.25, 0.3) is 11.1 Å². The quantitative estimate of drug-likeness (QED) is 0.341. The Morgan fingerprint density at radius 1 is 0.919 bits per heavy atom. The number of aromatic hydroxyl groups is 1. The highest BCUT2D eigenvalue weighted by atomic mass is 16.6. The number of hydrogen-bond acceptors (Lipinski definition) is 4. The minimum Gasteiger partial charge on any atom is -0.508 e. The van der Waals surface area contributed by atoms with E-state index in [1.165, 1.54) is 11.1 Å². The molecule has 1 aliphatic heterocycles. The first-order chi connectivity index (χ1) is 17.7. The molecule has 0 spiro atoms. The van der Waals surface area contributed by atoms with Crippen LogP contribution >= 0.6 is 0 Å². The SMILES string of the molecule is CC/C(=C(\c1ccc(O)cc1)c1ccc(OC[C@@H]2CCCN2C(=O)OC(C)(C)C)cc1)c1ccccc1. The topological polar surface area (TPSA) is 59.0 Å². The Bertz CT molecular complexity index is 1210. The monoisotopic (exact) mass is 499 g/mol. The van der Waals surface area contributed by atoms with E-state index < -0.39 is 5.60 Å². The van der Waals surface area contributed by atoms with Gasteiger partial charge in [0.1, 0.15) is 23.7 Å². The van der Waals surface area contributed by atoms with Crippen molar-refractivity contribution in [2.45, 2.75) is 58.6 Å². The van der Waals surface area contributed by atoms with Crippen molar-refractivity contribution in [3.8, 4) is 11.5 Å². The Morgan fingerprint density at radius 3 is 2.14 bits per heavy atom. The van der Waals surface area contributed by atoms with E-state index in [9.17, 15) is 9.90 Å². The molecule has 0 unspecified atom stereocenters. The zero-order valence-corrected chi connectivity index (χ0v) is 22.2. The summed E-state index contributed by atoms with van der Waals surface area (Å²) in [6, 6.07) is 25.9. The lowest BCUT2D eigenvalue weighted by Gasteiger charge is -2.28. The molecule has 4 rings (SSSR count). The Balaban J connectivity index is 1.55. The molecule has 0 bridgehead atoms. The Kier molecular flexibility index (Phi) is 8.22. The van der Waals surface area contributed by atoms with Crippen molar-refractivity contribution in [3.05, 3.63) is 95.6 Å². The Hall–Kier alpha value is -3.73. The number of amides is 1. The molecule has 194 valence electrons. The zero-order valence-electron chi connectivity index (χ0n) is 22.2. The average Bonchev–Trinajstić information content (AvgIpc) is 3.36. The maximum Gasteiger partial charge on any atom is 0.410 e. The molecule has 3 aromatic rings. The van der Waals surface area contributed by atoms with Gasteiger partial charge in [0.2, 0.25) is 0 Å². The first-order valence-electron chi connectivity index (χ1n) is 13.1. The summed E-state index contributed by atoms with van der Waals surface area (Å²) in [4.78, 5) is 14.4. The van der Waals surface area contributed by atoms with Gasteiger partial charge >= 0.3 is 6.09 Å². The van der Waals surface area contributed by atoms with Gasteiger partial charge in [-0.15, -0.1) is 0 Å². The van der Waals surface area contributed by atoms with Gasteiger partial charge in [-0.3, -0.25) is 0 Å². The van der Waals surface area contributed by atoms with Gasteiger partial charge in [-0.25, -0.2) is 4.79 Å². The van der Waals surface area contributed by atoms with E-state index in [1.54, 1.807) is 17.0 Å². The number of likely N-dealkylation sites (tertiary alicyclic amines) is 1. The molecule has 3 aromatic carbocycles. The average molecular weight is 500 g/mol. The third-order valence-corrected chi connectivity index (χ3v) is 6.52. The van der Waals surface area contributed by atoms with Gasteiger partial charge in [-0.05, 0) is 92.1 Å². The van der Waals surface area contributed by atoms with Crippen LogP contribution in [0, 0.1) is 0 Å². The molecule has 1 atom stereocenters. The van der Waals surface area contributed by atoms with Crippen molar-refractivity contribution >= 4 is 17.2 Å². The van der Waals surface area contributed by atoms with Crippen LogP contribution in [0.2, 0.25) is 0 Å². The van der Waals surface area contributed by atoms with Gasteiger partial charge in [-0.2, -0.15) is 0 Å². The summed E-state index contributed by atoms with van der Waals surface area (Å²) in [6.45, 7) is 8.95. The van der Waals surface area contributed by atoms with Gasteiger partial charge in [0.25, 0.3) is 0 Å². The number of carbonyl (C=O) groups excluding carboxylic acids is 1. The molecule has 0 saturated carbocycles. The molecular weight excluding hydrogens is 462 g/mol. The molecule has 1 saturated heterocycles. The predicted molar refractivity (Wildman–Crippen MR) is 149 cm³/mol. The lowest BCUT2D eigenvalue weighted by atomic mass is 9.88. The summed E-state index contributed by atoms with van der Waals surface area (Å²) >= 11 is 0. The lowest BCUT2D eigenvalue weighted by Crippen LogP contribution is -2.42. The summed E-state index contributed by atoms with van der Waals surface area (Å²) < 4.78 is 11.7. The van der Waals surface area contributed by atoms with E-state index in [0.717, 1.165) is 41.7 Å². The normalized spacial score (nSPS) is 16.3. The van der Waals surface area contributed by atoms with Crippen LogP contribution in [0.15, 0.2) is 78.9 Å². The van der Waals surface area contributed by atoms with E-state index in [2.05, 4.69) is 43.3 Å². The second-order valence-corrected chi connectivity index (χ2v) is 10.4. The Labute approximate surface area is 220 Å². The summed E-state index contributed by atoms with van der Waals surface area (Å²) in [6.07, 6.45) is 2.44. The van der Waals surface area contributed by atoms with Crippen molar-refractivity contribution in [2.24, 2.45) is 0 Å². The van der Waals surface area contributed by atoms with Crippen LogP contribution in [0.1, 0.15) is 63.6 Å². The van der Waals surface area contributed by atoms with E-state index in [-0.39, 0.29) is 17.9 Å². The maximum absolute atomic E-state index is 12.6. The molecule has 5 nitrogen and oxygen atoms in total. The fourth-order valence-electron chi connectivity index (χ4n) is 4.79. The predicted octanol–water partition coefficient (Wildman–Crippen LogP) is 7.54. The minimum absolute atomic E-state index is 0.00625. The van der Waals surface area contributed by atoms with Crippen LogP contribution in [0.5, 0.6) is 11.5 Å². The molecule has 1 heterocycles. The number of nitrogens with zero attached hydrogens (tertiary/aromatic N) is 1.